The van der Waals surface area contributed by atoms with Crippen LogP contribution in [-0.4, -0.2) is 28.0 Å². The summed E-state index contributed by atoms with van der Waals surface area (Å²) in [6.45, 7) is 1.76. The average Bonchev–Trinajstić information content (AvgIpc) is 2.95. The zero-order valence-electron chi connectivity index (χ0n) is 21.2. The topological polar surface area (TPSA) is 100 Å². The zero-order chi connectivity index (χ0) is 28.5. The maximum atomic E-state index is 13.3. The van der Waals surface area contributed by atoms with Crippen molar-refractivity contribution >= 4 is 70.1 Å². The molecule has 202 valence electrons. The molecular weight excluding hydrogens is 567 g/mol. The van der Waals surface area contributed by atoms with E-state index in [1.54, 1.807) is 104 Å². The van der Waals surface area contributed by atoms with E-state index >= 15 is 0 Å². The number of carbonyl (C=O) groups is 3. The highest BCUT2D eigenvalue weighted by Gasteiger charge is 2.18. The van der Waals surface area contributed by atoms with Gasteiger partial charge in [-0.1, -0.05) is 53.5 Å². The number of nitrogens with zero attached hydrogens (tertiary/aromatic N) is 1. The van der Waals surface area contributed by atoms with Crippen LogP contribution in [0.25, 0.3) is 6.08 Å². The number of hydrogen-bond donors (Lipinski definition) is 3. The molecular formula is C30H24Cl2N4O3S. The van der Waals surface area contributed by atoms with Crippen molar-refractivity contribution in [2.24, 2.45) is 0 Å². The molecule has 40 heavy (non-hydrogen) atoms. The number of rotatable bonds is 9. The van der Waals surface area contributed by atoms with E-state index in [-0.39, 0.29) is 11.6 Å². The molecule has 3 N–H and O–H groups in total. The van der Waals surface area contributed by atoms with Gasteiger partial charge in [-0.25, -0.2) is 0 Å². The predicted octanol–water partition coefficient (Wildman–Crippen LogP) is 6.92. The summed E-state index contributed by atoms with van der Waals surface area (Å²) < 4.78 is 0. The molecule has 0 saturated carbocycles. The summed E-state index contributed by atoms with van der Waals surface area (Å²) in [4.78, 5) is 43.7. The maximum absolute atomic E-state index is 13.3. The van der Waals surface area contributed by atoms with Crippen molar-refractivity contribution in [3.05, 3.63) is 124 Å². The largest absolute Gasteiger partial charge is 0.324 e. The Balaban J connectivity index is 1.46. The fraction of sp³-hybridized carbons (Fsp3) is 0.0667. The molecule has 0 radical (unpaired) electrons. The second-order valence-corrected chi connectivity index (χ2v) is 10.8. The molecule has 0 bridgehead atoms. The SMILES string of the molecule is CC(Sc1cccc(NC(=O)/C(=C/c2cccnc2)NC(=O)c2ccccc2)c1)C(=O)Nc1cc(Cl)ccc1Cl. The molecule has 0 saturated heterocycles. The Morgan fingerprint density at radius 1 is 0.900 bits per heavy atom. The van der Waals surface area contributed by atoms with E-state index < -0.39 is 17.1 Å². The van der Waals surface area contributed by atoms with Gasteiger partial charge in [0.2, 0.25) is 5.91 Å². The molecule has 0 aliphatic heterocycles. The van der Waals surface area contributed by atoms with E-state index in [0.717, 1.165) is 4.90 Å². The van der Waals surface area contributed by atoms with Gasteiger partial charge in [0.15, 0.2) is 0 Å². The molecule has 0 aliphatic rings. The molecule has 3 amide bonds. The van der Waals surface area contributed by atoms with Gasteiger partial charge in [-0.05, 0) is 73.2 Å². The number of thioether (sulfide) groups is 1. The van der Waals surface area contributed by atoms with E-state index in [2.05, 4.69) is 20.9 Å². The molecule has 7 nitrogen and oxygen atoms in total. The average molecular weight is 592 g/mol. The van der Waals surface area contributed by atoms with Crippen molar-refractivity contribution in [1.29, 1.82) is 0 Å². The number of benzene rings is 3. The minimum atomic E-state index is -0.517. The van der Waals surface area contributed by atoms with Crippen LogP contribution in [0.3, 0.4) is 0 Å². The Morgan fingerprint density at radius 2 is 1.70 bits per heavy atom. The highest BCUT2D eigenvalue weighted by Crippen LogP contribution is 2.29. The highest BCUT2D eigenvalue weighted by atomic mass is 35.5. The van der Waals surface area contributed by atoms with E-state index in [4.69, 9.17) is 23.2 Å². The van der Waals surface area contributed by atoms with Crippen molar-refractivity contribution < 1.29 is 14.4 Å². The van der Waals surface area contributed by atoms with Crippen LogP contribution >= 0.6 is 35.0 Å². The summed E-state index contributed by atoms with van der Waals surface area (Å²) in [5, 5.41) is 8.68. The number of amides is 3. The first kappa shape index (κ1) is 28.9. The quantitative estimate of drug-likeness (QED) is 0.145. The fourth-order valence-corrected chi connectivity index (χ4v) is 4.76. The van der Waals surface area contributed by atoms with Gasteiger partial charge in [0.05, 0.1) is 16.0 Å². The molecule has 0 aliphatic carbocycles. The van der Waals surface area contributed by atoms with Gasteiger partial charge in [0.25, 0.3) is 11.8 Å². The Bertz CT molecular complexity index is 1550. The smallest absolute Gasteiger partial charge is 0.272 e. The lowest BCUT2D eigenvalue weighted by Gasteiger charge is -2.15. The summed E-state index contributed by atoms with van der Waals surface area (Å²) in [7, 11) is 0. The number of anilines is 2. The Labute approximate surface area is 246 Å². The fourth-order valence-electron chi connectivity index (χ4n) is 3.50. The zero-order valence-corrected chi connectivity index (χ0v) is 23.6. The summed E-state index contributed by atoms with van der Waals surface area (Å²) in [6.07, 6.45) is 4.75. The molecule has 1 atom stereocenters. The number of hydrogen-bond acceptors (Lipinski definition) is 5. The number of pyridine rings is 1. The van der Waals surface area contributed by atoms with E-state index in [1.807, 2.05) is 6.07 Å². The lowest BCUT2D eigenvalue weighted by Crippen LogP contribution is -2.30. The van der Waals surface area contributed by atoms with Crippen LogP contribution in [0.4, 0.5) is 11.4 Å². The first-order valence-electron chi connectivity index (χ1n) is 12.1. The van der Waals surface area contributed by atoms with Gasteiger partial charge in [-0.2, -0.15) is 0 Å². The lowest BCUT2D eigenvalue weighted by atomic mass is 10.2. The lowest BCUT2D eigenvalue weighted by molar-refractivity contribution is -0.115. The van der Waals surface area contributed by atoms with Gasteiger partial charge in [0, 0.05) is 33.6 Å². The molecule has 0 fully saturated rings. The number of carbonyl (C=O) groups excluding carboxylic acids is 3. The number of halogens is 2. The van der Waals surface area contributed by atoms with E-state index in [1.165, 1.54) is 11.8 Å². The first-order chi connectivity index (χ1) is 19.3. The predicted molar refractivity (Wildman–Crippen MR) is 162 cm³/mol. The summed E-state index contributed by atoms with van der Waals surface area (Å²) in [6, 6.07) is 24.0. The van der Waals surface area contributed by atoms with Crippen LogP contribution in [0, 0.1) is 0 Å². The molecule has 4 aromatic rings. The van der Waals surface area contributed by atoms with Gasteiger partial charge >= 0.3 is 0 Å². The van der Waals surface area contributed by atoms with Crippen molar-refractivity contribution in [2.75, 3.05) is 10.6 Å². The van der Waals surface area contributed by atoms with Crippen molar-refractivity contribution in [1.82, 2.24) is 10.3 Å². The minimum absolute atomic E-state index is 0.0473. The van der Waals surface area contributed by atoms with E-state index in [9.17, 15) is 14.4 Å². The third-order valence-electron chi connectivity index (χ3n) is 5.48. The molecule has 1 aromatic heterocycles. The minimum Gasteiger partial charge on any atom is -0.324 e. The Hall–Kier alpha value is -4.11. The van der Waals surface area contributed by atoms with Crippen LogP contribution in [0.1, 0.15) is 22.8 Å². The highest BCUT2D eigenvalue weighted by molar-refractivity contribution is 8.00. The second-order valence-electron chi connectivity index (χ2n) is 8.52. The summed E-state index contributed by atoms with van der Waals surface area (Å²) in [5.41, 5.74) is 2.03. The van der Waals surface area contributed by atoms with E-state index in [0.29, 0.717) is 32.5 Å². The van der Waals surface area contributed by atoms with Crippen molar-refractivity contribution in [2.45, 2.75) is 17.1 Å². The second kappa shape index (κ2) is 13.8. The molecule has 3 aromatic carbocycles. The monoisotopic (exact) mass is 590 g/mol. The van der Waals surface area contributed by atoms with Crippen LogP contribution in [0.5, 0.6) is 0 Å². The molecule has 1 heterocycles. The van der Waals surface area contributed by atoms with Gasteiger partial charge < -0.3 is 16.0 Å². The van der Waals surface area contributed by atoms with Crippen LogP contribution in [-0.2, 0) is 9.59 Å². The maximum Gasteiger partial charge on any atom is 0.272 e. The van der Waals surface area contributed by atoms with Crippen LogP contribution < -0.4 is 16.0 Å². The number of nitrogens with one attached hydrogen (secondary N) is 3. The molecule has 1 unspecified atom stereocenters. The van der Waals surface area contributed by atoms with Gasteiger partial charge in [-0.15, -0.1) is 11.8 Å². The summed E-state index contributed by atoms with van der Waals surface area (Å²) in [5.74, 6) is -1.19. The van der Waals surface area contributed by atoms with Gasteiger partial charge in [0.1, 0.15) is 5.70 Å². The van der Waals surface area contributed by atoms with Crippen LogP contribution in [0.2, 0.25) is 10.0 Å². The van der Waals surface area contributed by atoms with Gasteiger partial charge in [-0.3, -0.25) is 19.4 Å². The third-order valence-corrected chi connectivity index (χ3v) is 7.14. The van der Waals surface area contributed by atoms with Crippen molar-refractivity contribution in [3.8, 4) is 0 Å². The Morgan fingerprint density at radius 3 is 2.45 bits per heavy atom. The molecule has 10 heteroatoms. The number of aromatic nitrogens is 1. The molecule has 0 spiro atoms. The molecule has 4 rings (SSSR count). The van der Waals surface area contributed by atoms with Crippen LogP contribution in [0.15, 0.2) is 108 Å². The summed E-state index contributed by atoms with van der Waals surface area (Å²) >= 11 is 13.5. The normalized spacial score (nSPS) is 11.8. The third kappa shape index (κ3) is 8.19. The Kier molecular flexibility index (Phi) is 9.96. The standard InChI is InChI=1S/C30H24Cl2N4O3S/c1-19(28(37)35-26-16-22(31)12-13-25(26)32)40-24-11-5-10-23(17-24)34-30(39)27(15-20-7-6-14-33-18-20)36-29(38)21-8-3-2-4-9-21/h2-19H,1H3,(H,34,39)(H,35,37)(H,36,38)/b27-15-. The first-order valence-corrected chi connectivity index (χ1v) is 13.7. The van der Waals surface area contributed by atoms with Crippen molar-refractivity contribution in [3.63, 3.8) is 0 Å².